The van der Waals surface area contributed by atoms with Gasteiger partial charge in [0.05, 0.1) is 18.3 Å². The number of aromatic nitrogens is 2. The van der Waals surface area contributed by atoms with Crippen LogP contribution in [-0.2, 0) is 18.4 Å². The Bertz CT molecular complexity index is 1020. The largest absolute Gasteiger partial charge is 0.466 e. The molecule has 1 aliphatic heterocycles. The topological polar surface area (TPSA) is 356 Å². The van der Waals surface area contributed by atoms with Gasteiger partial charge < -0.3 is 53.9 Å². The molecule has 0 saturated carbocycles. The molecule has 0 spiro atoms. The minimum Gasteiger partial charge on any atom is -0.394 e. The van der Waals surface area contributed by atoms with Crippen molar-refractivity contribution in [2.75, 3.05) is 6.61 Å². The summed E-state index contributed by atoms with van der Waals surface area (Å²) in [6, 6.07) is 0. The lowest BCUT2D eigenvalue weighted by Crippen LogP contribution is -2.39. The molecule has 2 heterocycles. The van der Waals surface area contributed by atoms with Gasteiger partial charge in [-0.15, -0.1) is 5.53 Å². The zero-order valence-electron chi connectivity index (χ0n) is 16.9. The minimum atomic E-state index is -4.64. The molecule has 0 unspecified atom stereocenters. The van der Waals surface area contributed by atoms with Crippen molar-refractivity contribution in [2.45, 2.75) is 32.1 Å². The predicted octanol–water partition coefficient (Wildman–Crippen LogP) is -2.72. The molecule has 1 saturated heterocycles. The Labute approximate surface area is 188 Å². The molecule has 1 aliphatic rings. The van der Waals surface area contributed by atoms with Crippen LogP contribution in [0.15, 0.2) is 21.0 Å². The van der Waals surface area contributed by atoms with E-state index in [2.05, 4.69) is 10.1 Å². The Morgan fingerprint density at radius 2 is 1.41 bits per heavy atom. The number of ether oxygens (including phenoxy) is 1. The van der Waals surface area contributed by atoms with E-state index >= 15 is 0 Å². The summed E-state index contributed by atoms with van der Waals surface area (Å²) in [4.78, 5) is 90.9. The van der Waals surface area contributed by atoms with Crippen LogP contribution in [0.25, 0.3) is 10.4 Å². The third-order valence-corrected chi connectivity index (χ3v) is 2.99. The number of rotatable bonds is 3. The smallest absolute Gasteiger partial charge is 0.394 e. The molecule has 2 atom stereocenters. The lowest BCUT2D eigenvalue weighted by molar-refractivity contribution is -0.0252. The standard InChI is InChI=1S/C10H13N5O4.3H3O4P/c1-6-4-14(8-3-2-7(5-16)19-8)10(18)15(9(6)17)13-12-11;3*1-5(2,3)4/h4,7-8,16H,2-3,5H2,1H3;3*(H3,1,2,3,4)/t7-,8+;;;/m0.../s1. The molecule has 1 aromatic rings. The number of aliphatic hydroxyl groups excluding tert-OH is 1. The van der Waals surface area contributed by atoms with Crippen molar-refractivity contribution in [1.82, 2.24) is 9.24 Å². The molecule has 0 bridgehead atoms. The molecule has 2 rings (SSSR count). The fourth-order valence-corrected chi connectivity index (χ4v) is 2.03. The lowest BCUT2D eigenvalue weighted by Gasteiger charge is -2.14. The van der Waals surface area contributed by atoms with Crippen molar-refractivity contribution in [1.29, 1.82) is 0 Å². The van der Waals surface area contributed by atoms with E-state index in [4.69, 9.17) is 73.1 Å². The Hall–Kier alpha value is -1.76. The van der Waals surface area contributed by atoms with Crippen molar-refractivity contribution in [3.8, 4) is 0 Å². The van der Waals surface area contributed by atoms with Gasteiger partial charge in [0.15, 0.2) is 0 Å². The molecule has 0 amide bonds. The molecule has 34 heavy (non-hydrogen) atoms. The van der Waals surface area contributed by atoms with Gasteiger partial charge in [0.1, 0.15) is 6.23 Å². The van der Waals surface area contributed by atoms with Gasteiger partial charge in [0.2, 0.25) is 0 Å². The van der Waals surface area contributed by atoms with E-state index in [-0.39, 0.29) is 18.3 Å². The van der Waals surface area contributed by atoms with Gasteiger partial charge in [0.25, 0.3) is 0 Å². The summed E-state index contributed by atoms with van der Waals surface area (Å²) in [5.74, 6) is 0. The summed E-state index contributed by atoms with van der Waals surface area (Å²) in [5, 5.41) is 12.1. The van der Waals surface area contributed by atoms with Gasteiger partial charge in [-0.3, -0.25) is 4.57 Å². The second-order valence-electron chi connectivity index (χ2n) is 5.81. The molecule has 0 aliphatic carbocycles. The highest BCUT2D eigenvalue weighted by Gasteiger charge is 2.28. The average Bonchev–Trinajstić information content (AvgIpc) is 3.06. The number of azide groups is 1. The van der Waals surface area contributed by atoms with Crippen LogP contribution < -0.4 is 11.2 Å². The molecule has 21 nitrogen and oxygen atoms in total. The van der Waals surface area contributed by atoms with E-state index in [0.717, 1.165) is 0 Å². The van der Waals surface area contributed by atoms with Crippen molar-refractivity contribution in [3.63, 3.8) is 0 Å². The molecular weight excluding hydrogens is 539 g/mol. The van der Waals surface area contributed by atoms with Crippen molar-refractivity contribution in [3.05, 3.63) is 43.0 Å². The highest BCUT2D eigenvalue weighted by Crippen LogP contribution is 2.27. The SMILES string of the molecule is Cc1cn([C@H]2CC[C@@H](CO)O2)c(=O)n(N=[N+]=[N-])c1=O.O=P(O)(O)O.O=P(O)(O)O.O=P(O)(O)O. The van der Waals surface area contributed by atoms with Crippen molar-refractivity contribution < 1.29 is 67.6 Å². The summed E-state index contributed by atoms with van der Waals surface area (Å²) in [5.41, 5.74) is 7.24. The minimum absolute atomic E-state index is 0.125. The number of aliphatic hydroxyl groups is 1. The fraction of sp³-hybridized carbons (Fsp3) is 0.600. The zero-order valence-corrected chi connectivity index (χ0v) is 19.5. The van der Waals surface area contributed by atoms with Gasteiger partial charge in [-0.05, 0) is 25.0 Å². The zero-order chi connectivity index (χ0) is 27.5. The second-order valence-corrected chi connectivity index (χ2v) is 8.89. The van der Waals surface area contributed by atoms with Gasteiger partial charge in [-0.25, -0.2) is 23.3 Å². The van der Waals surface area contributed by atoms with E-state index in [0.29, 0.717) is 17.5 Å². The fourth-order valence-electron chi connectivity index (χ4n) is 2.03. The summed E-state index contributed by atoms with van der Waals surface area (Å²) >= 11 is 0. The van der Waals surface area contributed by atoms with Crippen LogP contribution in [0.4, 0.5) is 0 Å². The van der Waals surface area contributed by atoms with E-state index in [1.165, 1.54) is 17.7 Å². The van der Waals surface area contributed by atoms with Crippen LogP contribution in [0, 0.1) is 6.92 Å². The van der Waals surface area contributed by atoms with Gasteiger partial charge >= 0.3 is 34.7 Å². The summed E-state index contributed by atoms with van der Waals surface area (Å²) in [6.07, 6.45) is 1.64. The quantitative estimate of drug-likeness (QED) is 0.0775. The molecule has 1 fully saturated rings. The van der Waals surface area contributed by atoms with Gasteiger partial charge in [-0.1, -0.05) is 4.68 Å². The monoisotopic (exact) mass is 561 g/mol. The molecular formula is C10H22N5O16P3. The third-order valence-electron chi connectivity index (χ3n) is 2.99. The van der Waals surface area contributed by atoms with Gasteiger partial charge in [0, 0.05) is 6.20 Å². The number of hydrogen-bond acceptors (Lipinski definition) is 8. The van der Waals surface area contributed by atoms with Crippen LogP contribution in [0.5, 0.6) is 0 Å². The Balaban J connectivity index is 0. The average molecular weight is 561 g/mol. The van der Waals surface area contributed by atoms with Crippen molar-refractivity contribution >= 4 is 23.5 Å². The molecule has 0 aromatic carbocycles. The third kappa shape index (κ3) is 19.7. The Kier molecular flexibility index (Phi) is 14.8. The molecule has 24 heteroatoms. The molecule has 1 aromatic heterocycles. The molecule has 10 N–H and O–H groups in total. The molecule has 198 valence electrons. The predicted molar refractivity (Wildman–Crippen MR) is 107 cm³/mol. The summed E-state index contributed by atoms with van der Waals surface area (Å²) in [6.45, 7) is 1.39. The summed E-state index contributed by atoms with van der Waals surface area (Å²) in [7, 11) is -13.9. The van der Waals surface area contributed by atoms with Crippen LogP contribution in [0.1, 0.15) is 24.6 Å². The number of phosphoric acid groups is 3. The number of nitrogens with zero attached hydrogens (tertiary/aromatic N) is 5. The van der Waals surface area contributed by atoms with Crippen LogP contribution in [-0.4, -0.2) is 71.1 Å². The maximum atomic E-state index is 12.0. The van der Waals surface area contributed by atoms with E-state index in [1.807, 2.05) is 0 Å². The van der Waals surface area contributed by atoms with Crippen LogP contribution in [0.2, 0.25) is 0 Å². The van der Waals surface area contributed by atoms with E-state index in [9.17, 15) is 9.59 Å². The van der Waals surface area contributed by atoms with E-state index in [1.54, 1.807) is 0 Å². The van der Waals surface area contributed by atoms with Crippen molar-refractivity contribution in [2.24, 2.45) is 5.22 Å². The number of hydrogen-bond donors (Lipinski definition) is 10. The maximum Gasteiger partial charge on any atom is 0.466 e. The first-order valence-corrected chi connectivity index (χ1v) is 12.8. The van der Waals surface area contributed by atoms with Crippen LogP contribution >= 0.6 is 23.5 Å². The highest BCUT2D eigenvalue weighted by atomic mass is 31.2. The Morgan fingerprint density at radius 1 is 1.00 bits per heavy atom. The van der Waals surface area contributed by atoms with Crippen LogP contribution in [0.3, 0.4) is 0 Å². The molecule has 0 radical (unpaired) electrons. The van der Waals surface area contributed by atoms with Gasteiger partial charge in [-0.2, -0.15) is 4.91 Å². The first-order chi connectivity index (χ1) is 15.1. The van der Waals surface area contributed by atoms with E-state index < -0.39 is 40.9 Å². The first-order valence-electron chi connectivity index (χ1n) is 8.09. The maximum absolute atomic E-state index is 12.0. The highest BCUT2D eigenvalue weighted by molar-refractivity contribution is 7.45. The summed E-state index contributed by atoms with van der Waals surface area (Å²) < 4.78 is 33.8. The normalized spacial score (nSPS) is 17.6. The Morgan fingerprint density at radius 3 is 1.74 bits per heavy atom. The first kappa shape index (κ1) is 34.4. The number of aryl methyl sites for hydroxylation is 1. The lowest BCUT2D eigenvalue weighted by atomic mass is 10.2. The second kappa shape index (κ2) is 14.6.